The Labute approximate surface area is 94.6 Å². The third-order valence-corrected chi connectivity index (χ3v) is 4.57. The minimum absolute atomic E-state index is 0.204. The molecular formula is C14H26O. The van der Waals surface area contributed by atoms with Crippen LogP contribution >= 0.6 is 0 Å². The predicted octanol–water partition coefficient (Wildman–Crippen LogP) is 4.16. The van der Waals surface area contributed by atoms with E-state index in [1.54, 1.807) is 0 Å². The van der Waals surface area contributed by atoms with E-state index >= 15 is 0 Å². The van der Waals surface area contributed by atoms with Crippen LogP contribution in [0.1, 0.15) is 65.7 Å². The Morgan fingerprint density at radius 1 is 1.00 bits per heavy atom. The number of hydrogen-bond donors (Lipinski definition) is 0. The Morgan fingerprint density at radius 2 is 1.80 bits per heavy atom. The van der Waals surface area contributed by atoms with Crippen molar-refractivity contribution in [3.05, 3.63) is 0 Å². The van der Waals surface area contributed by atoms with E-state index in [1.165, 1.54) is 44.9 Å². The van der Waals surface area contributed by atoms with Gasteiger partial charge >= 0.3 is 0 Å². The average Bonchev–Trinajstić information content (AvgIpc) is 2.17. The molecule has 1 aliphatic carbocycles. The van der Waals surface area contributed by atoms with Crippen molar-refractivity contribution >= 4 is 0 Å². The van der Waals surface area contributed by atoms with Crippen LogP contribution in [0.2, 0.25) is 0 Å². The Balaban J connectivity index is 2.02. The summed E-state index contributed by atoms with van der Waals surface area (Å²) in [6, 6.07) is 0. The van der Waals surface area contributed by atoms with Gasteiger partial charge in [0, 0.05) is 6.61 Å². The Bertz CT molecular complexity index is 213. The minimum atomic E-state index is 0.204. The zero-order chi connectivity index (χ0) is 10.9. The maximum Gasteiger partial charge on any atom is 0.0682 e. The molecule has 1 saturated heterocycles. The molecule has 1 aliphatic heterocycles. The molecule has 0 spiro atoms. The second-order valence-corrected chi connectivity index (χ2v) is 6.58. The molecule has 2 rings (SSSR count). The highest BCUT2D eigenvalue weighted by Crippen LogP contribution is 2.46. The summed E-state index contributed by atoms with van der Waals surface area (Å²) in [5, 5.41) is 0. The van der Waals surface area contributed by atoms with Crippen LogP contribution in [-0.4, -0.2) is 12.2 Å². The molecule has 2 aliphatic rings. The summed E-state index contributed by atoms with van der Waals surface area (Å²) in [4.78, 5) is 0. The summed E-state index contributed by atoms with van der Waals surface area (Å²) < 4.78 is 6.10. The number of rotatable bonds is 1. The Morgan fingerprint density at radius 3 is 2.40 bits per heavy atom. The van der Waals surface area contributed by atoms with Crippen molar-refractivity contribution in [1.82, 2.24) is 0 Å². The van der Waals surface area contributed by atoms with Crippen molar-refractivity contribution in [2.75, 3.05) is 6.61 Å². The summed E-state index contributed by atoms with van der Waals surface area (Å²) in [7, 11) is 0. The SMILES string of the molecule is CC1(C)CCCC(C2(C)CCCCO2)C1. The Kier molecular flexibility index (Phi) is 3.12. The van der Waals surface area contributed by atoms with Crippen molar-refractivity contribution in [1.29, 1.82) is 0 Å². The molecule has 1 heteroatoms. The normalized spacial score (nSPS) is 41.4. The topological polar surface area (TPSA) is 9.23 Å². The van der Waals surface area contributed by atoms with Gasteiger partial charge < -0.3 is 4.74 Å². The lowest BCUT2D eigenvalue weighted by Crippen LogP contribution is -2.44. The molecule has 1 saturated carbocycles. The van der Waals surface area contributed by atoms with E-state index in [0.29, 0.717) is 5.41 Å². The molecule has 0 N–H and O–H groups in total. The van der Waals surface area contributed by atoms with Crippen molar-refractivity contribution < 1.29 is 4.74 Å². The highest BCUT2D eigenvalue weighted by atomic mass is 16.5. The maximum absolute atomic E-state index is 6.10. The van der Waals surface area contributed by atoms with Gasteiger partial charge in [0.05, 0.1) is 5.60 Å². The minimum Gasteiger partial charge on any atom is -0.375 e. The lowest BCUT2D eigenvalue weighted by molar-refractivity contribution is -0.121. The monoisotopic (exact) mass is 210 g/mol. The molecule has 2 atom stereocenters. The van der Waals surface area contributed by atoms with Crippen LogP contribution in [0, 0.1) is 11.3 Å². The fourth-order valence-corrected chi connectivity index (χ4v) is 3.50. The molecule has 0 amide bonds. The molecule has 0 aromatic rings. The molecule has 0 aromatic carbocycles. The van der Waals surface area contributed by atoms with Gasteiger partial charge in [0.25, 0.3) is 0 Å². The van der Waals surface area contributed by atoms with E-state index in [9.17, 15) is 0 Å². The summed E-state index contributed by atoms with van der Waals surface area (Å²) in [6.07, 6.45) is 9.48. The first-order chi connectivity index (χ1) is 7.02. The first kappa shape index (κ1) is 11.4. The van der Waals surface area contributed by atoms with Crippen LogP contribution in [0.4, 0.5) is 0 Å². The van der Waals surface area contributed by atoms with Crippen LogP contribution in [0.3, 0.4) is 0 Å². The van der Waals surface area contributed by atoms with Crippen LogP contribution in [0.5, 0.6) is 0 Å². The molecule has 0 radical (unpaired) electrons. The fourth-order valence-electron chi connectivity index (χ4n) is 3.50. The molecule has 1 heterocycles. The second-order valence-electron chi connectivity index (χ2n) is 6.58. The fraction of sp³-hybridized carbons (Fsp3) is 1.00. The van der Waals surface area contributed by atoms with Gasteiger partial charge in [0.1, 0.15) is 0 Å². The Hall–Kier alpha value is -0.0400. The number of hydrogen-bond acceptors (Lipinski definition) is 1. The lowest BCUT2D eigenvalue weighted by Gasteiger charge is -2.46. The van der Waals surface area contributed by atoms with E-state index in [2.05, 4.69) is 20.8 Å². The van der Waals surface area contributed by atoms with Crippen LogP contribution < -0.4 is 0 Å². The second kappa shape index (κ2) is 4.08. The molecule has 15 heavy (non-hydrogen) atoms. The average molecular weight is 210 g/mol. The van der Waals surface area contributed by atoms with Gasteiger partial charge in [-0.15, -0.1) is 0 Å². The maximum atomic E-state index is 6.10. The quantitative estimate of drug-likeness (QED) is 0.631. The van der Waals surface area contributed by atoms with E-state index in [4.69, 9.17) is 4.74 Å². The van der Waals surface area contributed by atoms with Crippen LogP contribution in [0.15, 0.2) is 0 Å². The summed E-state index contributed by atoms with van der Waals surface area (Å²) >= 11 is 0. The first-order valence-corrected chi connectivity index (χ1v) is 6.66. The smallest absolute Gasteiger partial charge is 0.0682 e. The first-order valence-electron chi connectivity index (χ1n) is 6.66. The van der Waals surface area contributed by atoms with Gasteiger partial charge in [0.2, 0.25) is 0 Å². The van der Waals surface area contributed by atoms with Gasteiger partial charge in [0.15, 0.2) is 0 Å². The third-order valence-electron chi connectivity index (χ3n) is 4.57. The van der Waals surface area contributed by atoms with Crippen LogP contribution in [-0.2, 0) is 4.74 Å². The molecular weight excluding hydrogens is 184 g/mol. The predicted molar refractivity (Wildman–Crippen MR) is 63.9 cm³/mol. The highest BCUT2D eigenvalue weighted by molar-refractivity contribution is 4.92. The van der Waals surface area contributed by atoms with Crippen LogP contribution in [0.25, 0.3) is 0 Å². The standard InChI is InChI=1S/C14H26O/c1-13(2)8-6-7-12(11-13)14(3)9-4-5-10-15-14/h12H,4-11H2,1-3H3. The van der Waals surface area contributed by atoms with Crippen molar-refractivity contribution in [2.24, 2.45) is 11.3 Å². The van der Waals surface area contributed by atoms with Gasteiger partial charge in [-0.3, -0.25) is 0 Å². The van der Waals surface area contributed by atoms with Gasteiger partial charge in [-0.05, 0) is 56.8 Å². The van der Waals surface area contributed by atoms with Crippen molar-refractivity contribution in [3.63, 3.8) is 0 Å². The molecule has 0 aromatic heterocycles. The molecule has 2 fully saturated rings. The molecule has 88 valence electrons. The summed E-state index contributed by atoms with van der Waals surface area (Å²) in [5.74, 6) is 0.807. The van der Waals surface area contributed by atoms with Gasteiger partial charge in [-0.2, -0.15) is 0 Å². The lowest BCUT2D eigenvalue weighted by atomic mass is 9.66. The van der Waals surface area contributed by atoms with E-state index in [-0.39, 0.29) is 5.60 Å². The van der Waals surface area contributed by atoms with Crippen molar-refractivity contribution in [3.8, 4) is 0 Å². The van der Waals surface area contributed by atoms with Gasteiger partial charge in [-0.25, -0.2) is 0 Å². The van der Waals surface area contributed by atoms with E-state index in [1.807, 2.05) is 0 Å². The highest BCUT2D eigenvalue weighted by Gasteiger charge is 2.41. The largest absolute Gasteiger partial charge is 0.375 e. The molecule has 0 bridgehead atoms. The zero-order valence-corrected chi connectivity index (χ0v) is 10.6. The molecule has 2 unspecified atom stereocenters. The third kappa shape index (κ3) is 2.55. The summed E-state index contributed by atoms with van der Waals surface area (Å²) in [6.45, 7) is 8.20. The summed E-state index contributed by atoms with van der Waals surface area (Å²) in [5.41, 5.74) is 0.753. The molecule has 1 nitrogen and oxygen atoms in total. The zero-order valence-electron chi connectivity index (χ0n) is 10.6. The van der Waals surface area contributed by atoms with E-state index < -0.39 is 0 Å². The van der Waals surface area contributed by atoms with E-state index in [0.717, 1.165) is 12.5 Å². The van der Waals surface area contributed by atoms with Crippen molar-refractivity contribution in [2.45, 2.75) is 71.3 Å². The number of ether oxygens (including phenoxy) is 1. The van der Waals surface area contributed by atoms with Gasteiger partial charge in [-0.1, -0.05) is 20.3 Å².